The lowest BCUT2D eigenvalue weighted by Gasteiger charge is -2.28. The zero-order valence-corrected chi connectivity index (χ0v) is 16.6. The molecular formula is C21H23N5OS. The average Bonchev–Trinajstić information content (AvgIpc) is 3.25. The molecule has 1 aliphatic rings. The van der Waals surface area contributed by atoms with Crippen LogP contribution in [0.5, 0.6) is 0 Å². The molecule has 1 amide bonds. The van der Waals surface area contributed by atoms with E-state index >= 15 is 0 Å². The highest BCUT2D eigenvalue weighted by molar-refractivity contribution is 7.08. The van der Waals surface area contributed by atoms with Crippen molar-refractivity contribution >= 4 is 40.4 Å². The molecule has 28 heavy (non-hydrogen) atoms. The Labute approximate surface area is 168 Å². The summed E-state index contributed by atoms with van der Waals surface area (Å²) in [6.45, 7) is 4.09. The lowest BCUT2D eigenvalue weighted by atomic mass is 10.1. The highest BCUT2D eigenvalue weighted by Gasteiger charge is 2.14. The van der Waals surface area contributed by atoms with Crippen molar-refractivity contribution in [2.24, 2.45) is 0 Å². The summed E-state index contributed by atoms with van der Waals surface area (Å²) in [5.41, 5.74) is 3.24. The van der Waals surface area contributed by atoms with Crippen molar-refractivity contribution in [3.8, 4) is 0 Å². The third kappa shape index (κ3) is 4.48. The van der Waals surface area contributed by atoms with Gasteiger partial charge < -0.3 is 15.5 Å². The third-order valence-corrected chi connectivity index (χ3v) is 5.39. The van der Waals surface area contributed by atoms with Crippen LogP contribution < -0.4 is 15.5 Å². The van der Waals surface area contributed by atoms with Crippen molar-refractivity contribution in [3.63, 3.8) is 0 Å². The van der Waals surface area contributed by atoms with Gasteiger partial charge in [0.25, 0.3) is 5.91 Å². The number of nitrogens with one attached hydrogen (secondary N) is 2. The van der Waals surface area contributed by atoms with E-state index in [1.807, 2.05) is 54.1 Å². The van der Waals surface area contributed by atoms with E-state index in [-0.39, 0.29) is 5.91 Å². The van der Waals surface area contributed by atoms with Gasteiger partial charge in [-0.2, -0.15) is 16.3 Å². The number of nitrogens with zero attached hydrogens (tertiary/aromatic N) is 3. The van der Waals surface area contributed by atoms with Gasteiger partial charge in [0.2, 0.25) is 5.95 Å². The third-order valence-electron chi connectivity index (χ3n) is 4.70. The summed E-state index contributed by atoms with van der Waals surface area (Å²) in [6.07, 6.45) is 3.72. The number of carbonyl (C=O) groups is 1. The van der Waals surface area contributed by atoms with E-state index in [1.54, 1.807) is 0 Å². The van der Waals surface area contributed by atoms with Gasteiger partial charge in [0.1, 0.15) is 5.82 Å². The Morgan fingerprint density at radius 3 is 2.50 bits per heavy atom. The van der Waals surface area contributed by atoms with Crippen LogP contribution in [0.15, 0.2) is 47.2 Å². The zero-order chi connectivity index (χ0) is 19.3. The number of amides is 1. The van der Waals surface area contributed by atoms with E-state index in [0.29, 0.717) is 11.5 Å². The minimum absolute atomic E-state index is 0.102. The van der Waals surface area contributed by atoms with Crippen LogP contribution in [0.4, 0.5) is 23.1 Å². The molecule has 1 fully saturated rings. The molecule has 6 nitrogen and oxygen atoms in total. The van der Waals surface area contributed by atoms with Gasteiger partial charge in [-0.05, 0) is 61.9 Å². The first kappa shape index (κ1) is 18.4. The second-order valence-electron chi connectivity index (χ2n) is 6.91. The standard InChI is InChI=1S/C21H23N5OS/c1-15-13-19(26-10-3-2-4-11-26)25-21(22-15)24-18-7-5-17(6-8-18)23-20(27)16-9-12-28-14-16/h5-9,12-14H,2-4,10-11H2,1H3,(H,23,27)(H,22,24,25). The molecule has 0 saturated carbocycles. The number of hydrogen-bond donors (Lipinski definition) is 2. The van der Waals surface area contributed by atoms with E-state index in [1.165, 1.54) is 30.6 Å². The van der Waals surface area contributed by atoms with Gasteiger partial charge in [0, 0.05) is 41.6 Å². The van der Waals surface area contributed by atoms with Gasteiger partial charge in [-0.15, -0.1) is 0 Å². The smallest absolute Gasteiger partial charge is 0.256 e. The van der Waals surface area contributed by atoms with Gasteiger partial charge in [-0.25, -0.2) is 4.98 Å². The molecular weight excluding hydrogens is 370 g/mol. The number of carbonyl (C=O) groups excluding carboxylic acids is 1. The molecule has 144 valence electrons. The second-order valence-corrected chi connectivity index (χ2v) is 7.69. The molecule has 1 aromatic carbocycles. The van der Waals surface area contributed by atoms with E-state index in [0.717, 1.165) is 36.0 Å². The number of thiophene rings is 1. The van der Waals surface area contributed by atoms with Crippen molar-refractivity contribution in [1.82, 2.24) is 9.97 Å². The highest BCUT2D eigenvalue weighted by atomic mass is 32.1. The molecule has 0 bridgehead atoms. The van der Waals surface area contributed by atoms with Crippen LogP contribution in [0.25, 0.3) is 0 Å². The van der Waals surface area contributed by atoms with E-state index in [2.05, 4.69) is 20.5 Å². The van der Waals surface area contributed by atoms with Crippen LogP contribution in [-0.4, -0.2) is 29.0 Å². The molecule has 2 aromatic heterocycles. The largest absolute Gasteiger partial charge is 0.356 e. The quantitative estimate of drug-likeness (QED) is 0.649. The van der Waals surface area contributed by atoms with Crippen LogP contribution in [0, 0.1) is 6.92 Å². The number of hydrogen-bond acceptors (Lipinski definition) is 6. The Morgan fingerprint density at radius 2 is 1.79 bits per heavy atom. The fraction of sp³-hybridized carbons (Fsp3) is 0.286. The maximum atomic E-state index is 12.1. The molecule has 1 aliphatic heterocycles. The Hall–Kier alpha value is -2.93. The Bertz CT molecular complexity index is 934. The molecule has 3 aromatic rings. The normalized spacial score (nSPS) is 14.0. The predicted octanol–water partition coefficient (Wildman–Crippen LogP) is 4.83. The molecule has 0 atom stereocenters. The average molecular weight is 394 g/mol. The maximum absolute atomic E-state index is 12.1. The van der Waals surface area contributed by atoms with Crippen molar-refractivity contribution in [2.45, 2.75) is 26.2 Å². The second kappa shape index (κ2) is 8.39. The summed E-state index contributed by atoms with van der Waals surface area (Å²) in [5, 5.41) is 9.90. The molecule has 2 N–H and O–H groups in total. The summed E-state index contributed by atoms with van der Waals surface area (Å²) < 4.78 is 0. The molecule has 7 heteroatoms. The van der Waals surface area contributed by atoms with E-state index in [9.17, 15) is 4.79 Å². The van der Waals surface area contributed by atoms with Gasteiger partial charge in [0.15, 0.2) is 0 Å². The summed E-state index contributed by atoms with van der Waals surface area (Å²) in [6, 6.07) is 11.4. The van der Waals surface area contributed by atoms with Gasteiger partial charge in [-0.3, -0.25) is 4.79 Å². The topological polar surface area (TPSA) is 70.2 Å². The van der Waals surface area contributed by atoms with E-state index < -0.39 is 0 Å². The molecule has 1 saturated heterocycles. The van der Waals surface area contributed by atoms with Gasteiger partial charge in [0.05, 0.1) is 5.56 Å². The Kier molecular flexibility index (Phi) is 5.53. The van der Waals surface area contributed by atoms with Crippen molar-refractivity contribution < 1.29 is 4.79 Å². The number of anilines is 4. The number of rotatable bonds is 5. The molecule has 0 radical (unpaired) electrons. The van der Waals surface area contributed by atoms with E-state index in [4.69, 9.17) is 4.98 Å². The van der Waals surface area contributed by atoms with Gasteiger partial charge >= 0.3 is 0 Å². The first-order chi connectivity index (χ1) is 13.7. The van der Waals surface area contributed by atoms with Crippen molar-refractivity contribution in [1.29, 1.82) is 0 Å². The fourth-order valence-electron chi connectivity index (χ4n) is 3.26. The minimum atomic E-state index is -0.102. The lowest BCUT2D eigenvalue weighted by Crippen LogP contribution is -2.30. The Balaban J connectivity index is 1.44. The van der Waals surface area contributed by atoms with Crippen LogP contribution in [-0.2, 0) is 0 Å². The predicted molar refractivity (Wildman–Crippen MR) is 115 cm³/mol. The summed E-state index contributed by atoms with van der Waals surface area (Å²) in [5.74, 6) is 1.47. The minimum Gasteiger partial charge on any atom is -0.356 e. The summed E-state index contributed by atoms with van der Waals surface area (Å²) in [4.78, 5) is 23.7. The first-order valence-electron chi connectivity index (χ1n) is 9.49. The van der Waals surface area contributed by atoms with Crippen LogP contribution in [0.3, 0.4) is 0 Å². The monoisotopic (exact) mass is 393 g/mol. The summed E-state index contributed by atoms with van der Waals surface area (Å²) in [7, 11) is 0. The molecule has 4 rings (SSSR count). The molecule has 0 unspecified atom stereocenters. The zero-order valence-electron chi connectivity index (χ0n) is 15.8. The number of benzene rings is 1. The molecule has 0 aliphatic carbocycles. The van der Waals surface area contributed by atoms with Crippen molar-refractivity contribution in [2.75, 3.05) is 28.6 Å². The SMILES string of the molecule is Cc1cc(N2CCCCC2)nc(Nc2ccc(NC(=O)c3ccsc3)cc2)n1. The highest BCUT2D eigenvalue weighted by Crippen LogP contribution is 2.22. The van der Waals surface area contributed by atoms with Gasteiger partial charge in [-0.1, -0.05) is 0 Å². The van der Waals surface area contributed by atoms with Crippen LogP contribution in [0.1, 0.15) is 35.3 Å². The molecule has 3 heterocycles. The van der Waals surface area contributed by atoms with Crippen LogP contribution in [0.2, 0.25) is 0 Å². The summed E-state index contributed by atoms with van der Waals surface area (Å²) >= 11 is 1.51. The lowest BCUT2D eigenvalue weighted by molar-refractivity contribution is 0.102. The van der Waals surface area contributed by atoms with Crippen LogP contribution >= 0.6 is 11.3 Å². The molecule has 0 spiro atoms. The fourth-order valence-corrected chi connectivity index (χ4v) is 3.89. The maximum Gasteiger partial charge on any atom is 0.256 e. The van der Waals surface area contributed by atoms with Crippen molar-refractivity contribution in [3.05, 3.63) is 58.4 Å². The Morgan fingerprint density at radius 1 is 1.04 bits per heavy atom. The number of aryl methyl sites for hydroxylation is 1. The number of piperidine rings is 1. The first-order valence-corrected chi connectivity index (χ1v) is 10.4. The number of aromatic nitrogens is 2.